The molecule has 3 atom stereocenters. The number of halogens is 6. The Balaban J connectivity index is 0.000000173. The summed E-state index contributed by atoms with van der Waals surface area (Å²) in [5.74, 6) is -11.8. The molecule has 8 N–H and O–H groups in total. The lowest BCUT2D eigenvalue weighted by Gasteiger charge is -2.52. The van der Waals surface area contributed by atoms with Crippen LogP contribution in [0.3, 0.4) is 0 Å². The number of pyridine rings is 3. The van der Waals surface area contributed by atoms with E-state index >= 15 is 0 Å². The highest BCUT2D eigenvalue weighted by atomic mass is 31.2. The fraction of sp³-hybridized carbons (Fsp3) is 0.370. The van der Waals surface area contributed by atoms with Crippen LogP contribution in [0.5, 0.6) is 17.2 Å². The number of aromatic hydroxyl groups is 1. The molecule has 8 aromatic rings. The Bertz CT molecular complexity index is 5820. The van der Waals surface area contributed by atoms with Gasteiger partial charge < -0.3 is 88.1 Å². The van der Waals surface area contributed by atoms with Crippen molar-refractivity contribution in [2.45, 2.75) is 82.9 Å². The molecule has 0 aliphatic carbocycles. The Morgan fingerprint density at radius 3 is 1.06 bits per heavy atom. The molecule has 6 amide bonds. The van der Waals surface area contributed by atoms with E-state index in [0.29, 0.717) is 42.4 Å². The lowest BCUT2D eigenvalue weighted by Crippen LogP contribution is -2.70. The molecule has 0 bridgehead atoms. The summed E-state index contributed by atoms with van der Waals surface area (Å²) < 4.78 is 162. The maximum atomic E-state index is 14.5. The molecule has 3 aromatic heterocycles. The van der Waals surface area contributed by atoms with E-state index < -0.39 is 167 Å². The molecule has 36 nitrogen and oxygen atoms in total. The summed E-state index contributed by atoms with van der Waals surface area (Å²) in [5, 5.41) is 22.6. The van der Waals surface area contributed by atoms with Gasteiger partial charge in [0.25, 0.3) is 35.4 Å². The average molecular weight is 1820 g/mol. The highest BCUT2D eigenvalue weighted by molar-refractivity contribution is 7.53. The summed E-state index contributed by atoms with van der Waals surface area (Å²) in [4.78, 5) is 164. The molecule has 6 aliphatic rings. The van der Waals surface area contributed by atoms with Crippen LogP contribution in [0.1, 0.15) is 123 Å². The summed E-state index contributed by atoms with van der Waals surface area (Å²) in [6.45, 7) is 2.45. The highest BCUT2D eigenvalue weighted by Gasteiger charge is 2.57. The van der Waals surface area contributed by atoms with Crippen molar-refractivity contribution in [2.75, 3.05) is 127 Å². The summed E-state index contributed by atoms with van der Waals surface area (Å²) in [6, 6.07) is 26.3. The van der Waals surface area contributed by atoms with Gasteiger partial charge in [-0.25, -0.2) is 26.3 Å². The number of amides is 6. The lowest BCUT2D eigenvalue weighted by atomic mass is 10.0. The van der Waals surface area contributed by atoms with E-state index in [9.17, 15) is 108 Å². The lowest BCUT2D eigenvalue weighted by molar-refractivity contribution is 0.0235. The molecule has 5 aromatic carbocycles. The summed E-state index contributed by atoms with van der Waals surface area (Å²) >= 11 is 0. The van der Waals surface area contributed by atoms with Gasteiger partial charge in [0.15, 0.2) is 51.3 Å². The molecule has 45 heteroatoms. The molecule has 126 heavy (non-hydrogen) atoms. The molecule has 674 valence electrons. The average Bonchev–Trinajstić information content (AvgIpc) is 1.10. The van der Waals surface area contributed by atoms with Crippen LogP contribution in [0.2, 0.25) is 0 Å². The molecule has 0 saturated carbocycles. The van der Waals surface area contributed by atoms with E-state index in [-0.39, 0.29) is 157 Å². The van der Waals surface area contributed by atoms with Crippen LogP contribution < -0.4 is 56.7 Å². The topological polar surface area (TPSA) is 441 Å². The third-order valence-electron chi connectivity index (χ3n) is 22.1. The number of hydrogen-bond acceptors (Lipinski definition) is 23. The van der Waals surface area contributed by atoms with Gasteiger partial charge in [0.2, 0.25) is 16.3 Å². The van der Waals surface area contributed by atoms with E-state index in [0.717, 1.165) is 40.0 Å². The predicted molar refractivity (Wildman–Crippen MR) is 437 cm³/mol. The Hall–Kier alpha value is -11.5. The number of carbonyl (C=O) groups is 6. The van der Waals surface area contributed by atoms with Crippen LogP contribution in [-0.4, -0.2) is 218 Å². The maximum Gasteiger partial charge on any atom is 0.332 e. The number of hydrogen-bond donors (Lipinski definition) is 8. The van der Waals surface area contributed by atoms with Crippen molar-refractivity contribution < 1.29 is 126 Å². The maximum absolute atomic E-state index is 14.5. The molecule has 3 unspecified atom stereocenters. The molecule has 6 aliphatic heterocycles. The molecule has 9 heterocycles. The molecular weight excluding hydrogens is 1730 g/mol. The Kier molecular flexibility index (Phi) is 28.8. The minimum Gasteiger partial charge on any atom is -0.502 e. The second-order valence-corrected chi connectivity index (χ2v) is 35.5. The van der Waals surface area contributed by atoms with Crippen molar-refractivity contribution in [3.8, 4) is 17.2 Å². The standard InChI is InChI=1S/C32H37F2N4O8P.C28H29F2N4O8P.C21H23F2N4O8P/c1-4-45-47(42,46-5-2)16-14-37-31(41)27-29(44-20-22-9-7-6-8-10-22)28(39)25(19-38(27)36(3)32(37)13-15-43-21-32)30(40)35-18-23-11-12-24(33)17-26(23)34;1-32-28(9-11-41-17-28)33(10-12-43(38,39)40)27(37)23-25(42-16-18-5-3-2-4-6-18)24(35)21(15-34(23)32)26(36)31-14-19-7-8-20(29)13-22(19)30;1-25-21(4-6-35-11-21)26(5-7-36(32,33)34)20(31)16-18(29)17(28)14(10-27(16)25)19(30)24-9-12-2-3-13(22)8-15(12)23/h6-12,17,19H,4-5,13-16,18,20-21H2,1-3H3,(H,35,40);2-8,13,15H,9-12,14,16-17H2,1H3,(H,31,36)(H2,38,39,40);2-3,8,10,29H,4-7,9,11H2,1H3,(H,24,30)(H2,32,33,34). The number of likely N-dealkylation sites (N-methyl/N-ethyl adjacent to an activating group) is 3. The number of aromatic nitrogens is 3. The van der Waals surface area contributed by atoms with Crippen molar-refractivity contribution in [1.29, 1.82) is 0 Å². The van der Waals surface area contributed by atoms with Crippen LogP contribution in [0, 0.1) is 34.9 Å². The van der Waals surface area contributed by atoms with Gasteiger partial charge in [-0.15, -0.1) is 0 Å². The quantitative estimate of drug-likeness (QED) is 0.0203. The van der Waals surface area contributed by atoms with Gasteiger partial charge in [0.05, 0.1) is 71.3 Å². The smallest absolute Gasteiger partial charge is 0.332 e. The normalized spacial score (nSPS) is 18.4. The minimum absolute atomic E-state index is 0.00640. The van der Waals surface area contributed by atoms with Crippen molar-refractivity contribution in [3.05, 3.63) is 261 Å². The van der Waals surface area contributed by atoms with Gasteiger partial charge in [-0.1, -0.05) is 78.9 Å². The van der Waals surface area contributed by atoms with Gasteiger partial charge in [-0.3, -0.25) is 85.9 Å². The second kappa shape index (κ2) is 38.8. The largest absolute Gasteiger partial charge is 0.502 e. The van der Waals surface area contributed by atoms with Crippen LogP contribution in [0.15, 0.2) is 148 Å². The highest BCUT2D eigenvalue weighted by Crippen LogP contribution is 2.49. The van der Waals surface area contributed by atoms with E-state index in [2.05, 4.69) is 16.0 Å². The van der Waals surface area contributed by atoms with E-state index in [1.807, 2.05) is 6.07 Å². The second-order valence-electron chi connectivity index (χ2n) is 29.7. The van der Waals surface area contributed by atoms with Crippen LogP contribution in [0.25, 0.3) is 0 Å². The summed E-state index contributed by atoms with van der Waals surface area (Å²) in [7, 11) is -7.77. The number of benzene rings is 5. The van der Waals surface area contributed by atoms with E-state index in [1.54, 1.807) is 92.6 Å². The first-order valence-electron chi connectivity index (χ1n) is 39.3. The Morgan fingerprint density at radius 1 is 0.444 bits per heavy atom. The predicted octanol–water partition coefficient (Wildman–Crippen LogP) is 6.08. The first kappa shape index (κ1) is 93.6. The number of nitrogens with zero attached hydrogens (tertiary/aromatic N) is 9. The summed E-state index contributed by atoms with van der Waals surface area (Å²) in [5.41, 5.74) is -7.29. The molecule has 14 rings (SSSR count). The van der Waals surface area contributed by atoms with Gasteiger partial charge in [0, 0.05) is 133 Å². The number of carbonyl (C=O) groups excluding carboxylic acids is 6. The third kappa shape index (κ3) is 19.8. The first-order chi connectivity index (χ1) is 59.8. The fourth-order valence-electron chi connectivity index (χ4n) is 15.3. The van der Waals surface area contributed by atoms with Crippen LogP contribution in [-0.2, 0) is 69.8 Å². The number of fused-ring (bicyclic) bond motifs is 3. The zero-order valence-electron chi connectivity index (χ0n) is 68.4. The zero-order valence-corrected chi connectivity index (χ0v) is 71.1. The molecular formula is C81H89F6N12O24P3. The third-order valence-corrected chi connectivity index (χ3v) is 25.7. The number of rotatable bonds is 28. The number of nitrogens with one attached hydrogen (secondary N) is 3. The van der Waals surface area contributed by atoms with Gasteiger partial charge in [0.1, 0.15) is 64.8 Å². The molecule has 3 fully saturated rings. The van der Waals surface area contributed by atoms with Crippen LogP contribution in [0.4, 0.5) is 26.3 Å². The SMILES string of the molecule is CCOP(=O)(CCN1C(=O)c2c(OCc3ccccc3)c(=O)c(C(=O)NCc3ccc(F)cc3F)cn2N(C)C12CCOC2)OCC.CN1n2cc(C(=O)NCc3ccc(F)cc3F)c(=O)c(O)c2C(=O)N(CCP(=O)(O)O)C12CCOC2.CN1n2cc(C(=O)NCc3ccc(F)cc3F)c(=O)c(OCc3ccccc3)c2C(=O)N(CCP(=O)(O)O)C12CCOC2. The Morgan fingerprint density at radius 2 is 0.754 bits per heavy atom. The van der Waals surface area contributed by atoms with E-state index in [1.165, 1.54) is 55.7 Å². The van der Waals surface area contributed by atoms with Crippen molar-refractivity contribution in [2.24, 2.45) is 0 Å². The van der Waals surface area contributed by atoms with Crippen molar-refractivity contribution >= 4 is 58.2 Å². The molecule has 3 spiro atoms. The Labute approximate surface area is 714 Å². The van der Waals surface area contributed by atoms with Crippen molar-refractivity contribution in [1.82, 2.24) is 44.7 Å². The first-order valence-corrected chi connectivity index (χ1v) is 44.6. The minimum atomic E-state index is -4.51. The number of ether oxygens (including phenoxy) is 5. The van der Waals surface area contributed by atoms with Crippen LogP contribution >= 0.6 is 22.8 Å². The van der Waals surface area contributed by atoms with E-state index in [4.69, 9.17) is 32.7 Å². The summed E-state index contributed by atoms with van der Waals surface area (Å²) in [6.07, 6.45) is 2.94. The van der Waals surface area contributed by atoms with Gasteiger partial charge in [-0.05, 0) is 43.2 Å². The molecule has 0 radical (unpaired) electrons. The fourth-order valence-corrected chi connectivity index (χ4v) is 17.8. The monoisotopic (exact) mass is 1820 g/mol. The molecule has 3 saturated heterocycles. The zero-order chi connectivity index (χ0) is 91.1. The van der Waals surface area contributed by atoms with Gasteiger partial charge >= 0.3 is 22.8 Å². The van der Waals surface area contributed by atoms with Crippen molar-refractivity contribution in [3.63, 3.8) is 0 Å². The van der Waals surface area contributed by atoms with Gasteiger partial charge in [-0.2, -0.15) is 0 Å².